The van der Waals surface area contributed by atoms with Gasteiger partial charge in [0.25, 0.3) is 0 Å². The zero-order valence-electron chi connectivity index (χ0n) is 6.91. The molecule has 68 valence electrons. The van der Waals surface area contributed by atoms with Gasteiger partial charge in [-0.3, -0.25) is 4.79 Å². The predicted molar refractivity (Wildman–Crippen MR) is 57.7 cm³/mol. The summed E-state index contributed by atoms with van der Waals surface area (Å²) >= 11 is 8.21. The van der Waals surface area contributed by atoms with E-state index >= 15 is 0 Å². The Morgan fingerprint density at radius 3 is 1.83 bits per heavy atom. The molecular formula is C9H12ClIO. The lowest BCUT2D eigenvalue weighted by Crippen LogP contribution is -2.45. The summed E-state index contributed by atoms with van der Waals surface area (Å²) in [7, 11) is 0. The molecule has 0 aromatic rings. The van der Waals surface area contributed by atoms with E-state index in [0.717, 1.165) is 19.3 Å². The van der Waals surface area contributed by atoms with Crippen LogP contribution in [0.2, 0.25) is 0 Å². The van der Waals surface area contributed by atoms with Gasteiger partial charge in [0, 0.05) is 8.84 Å². The maximum Gasteiger partial charge on any atom is 0.227 e. The van der Waals surface area contributed by atoms with Gasteiger partial charge in [0.15, 0.2) is 0 Å². The largest absolute Gasteiger partial charge is 0.281 e. The number of halogens is 2. The van der Waals surface area contributed by atoms with Crippen LogP contribution in [0.25, 0.3) is 0 Å². The molecule has 0 aromatic heterocycles. The fourth-order valence-corrected chi connectivity index (χ4v) is 3.53. The van der Waals surface area contributed by atoms with Crippen molar-refractivity contribution >= 4 is 39.4 Å². The molecule has 3 heteroatoms. The molecule has 0 radical (unpaired) electrons. The van der Waals surface area contributed by atoms with Crippen LogP contribution in [0.4, 0.5) is 0 Å². The van der Waals surface area contributed by atoms with Crippen LogP contribution in [0.1, 0.15) is 38.5 Å². The molecule has 3 aliphatic rings. The minimum absolute atomic E-state index is 0.0827. The van der Waals surface area contributed by atoms with E-state index in [1.807, 2.05) is 0 Å². The van der Waals surface area contributed by atoms with E-state index in [1.54, 1.807) is 0 Å². The minimum Gasteiger partial charge on any atom is -0.281 e. The summed E-state index contributed by atoms with van der Waals surface area (Å²) in [5.74, 6) is 0. The van der Waals surface area contributed by atoms with Gasteiger partial charge in [-0.15, -0.1) is 0 Å². The van der Waals surface area contributed by atoms with Gasteiger partial charge in [-0.05, 0) is 50.1 Å². The van der Waals surface area contributed by atoms with E-state index in [-0.39, 0.29) is 10.7 Å². The topological polar surface area (TPSA) is 17.1 Å². The second-order valence-corrected chi connectivity index (χ2v) is 6.84. The Kier molecular flexibility index (Phi) is 2.19. The highest BCUT2D eigenvalue weighted by atomic mass is 127. The van der Waals surface area contributed by atoms with Crippen LogP contribution in [-0.4, -0.2) is 8.66 Å². The lowest BCUT2D eigenvalue weighted by Gasteiger charge is -2.48. The molecule has 0 amide bonds. The molecule has 0 aromatic carbocycles. The number of fused-ring (bicyclic) bond motifs is 3. The third-order valence-corrected chi connectivity index (χ3v) is 5.59. The molecular weight excluding hydrogens is 286 g/mol. The molecule has 0 unspecified atom stereocenters. The highest BCUT2D eigenvalue weighted by molar-refractivity contribution is 14.1. The fourth-order valence-electron chi connectivity index (χ4n) is 2.43. The predicted octanol–water partition coefficient (Wildman–Crippen LogP) is 3.28. The molecule has 3 rings (SSSR count). The van der Waals surface area contributed by atoms with E-state index in [2.05, 4.69) is 22.6 Å². The maximum absolute atomic E-state index is 11.2. The number of carbonyl (C=O) groups excluding carboxylic acids is 1. The van der Waals surface area contributed by atoms with Gasteiger partial charge in [-0.25, -0.2) is 0 Å². The summed E-state index contributed by atoms with van der Waals surface area (Å²) in [5, 5.41) is -0.0827. The Hall–Kier alpha value is 0.690. The quantitative estimate of drug-likeness (QED) is 0.412. The summed E-state index contributed by atoms with van der Waals surface area (Å²) in [6, 6.07) is 0. The number of alkyl halides is 1. The second-order valence-electron chi connectivity index (χ2n) is 4.20. The van der Waals surface area contributed by atoms with Crippen LogP contribution in [0.15, 0.2) is 0 Å². The second kappa shape index (κ2) is 2.84. The first-order valence-electron chi connectivity index (χ1n) is 4.45. The van der Waals surface area contributed by atoms with Crippen molar-refractivity contribution in [2.24, 2.45) is 5.41 Å². The fraction of sp³-hybridized carbons (Fsp3) is 0.889. The van der Waals surface area contributed by atoms with Crippen LogP contribution in [0, 0.1) is 5.41 Å². The normalized spacial score (nSPS) is 46.2. The van der Waals surface area contributed by atoms with Crippen molar-refractivity contribution in [2.45, 2.75) is 41.9 Å². The van der Waals surface area contributed by atoms with Crippen molar-refractivity contribution in [2.75, 3.05) is 0 Å². The van der Waals surface area contributed by atoms with Gasteiger partial charge >= 0.3 is 0 Å². The van der Waals surface area contributed by atoms with Crippen LogP contribution < -0.4 is 0 Å². The minimum atomic E-state index is -0.117. The third-order valence-electron chi connectivity index (χ3n) is 3.57. The van der Waals surface area contributed by atoms with E-state index in [1.165, 1.54) is 19.3 Å². The Morgan fingerprint density at radius 2 is 1.50 bits per heavy atom. The lowest BCUT2D eigenvalue weighted by atomic mass is 9.61. The van der Waals surface area contributed by atoms with E-state index in [4.69, 9.17) is 11.6 Å². The van der Waals surface area contributed by atoms with Crippen molar-refractivity contribution in [3.05, 3.63) is 0 Å². The molecule has 0 spiro atoms. The van der Waals surface area contributed by atoms with Crippen LogP contribution in [0.5, 0.6) is 0 Å². The summed E-state index contributed by atoms with van der Waals surface area (Å²) in [4.78, 5) is 11.2. The van der Waals surface area contributed by atoms with Crippen molar-refractivity contribution in [1.82, 2.24) is 0 Å². The zero-order valence-corrected chi connectivity index (χ0v) is 9.82. The number of rotatable bonds is 1. The van der Waals surface area contributed by atoms with Gasteiger partial charge < -0.3 is 0 Å². The van der Waals surface area contributed by atoms with Gasteiger partial charge in [-0.1, -0.05) is 22.6 Å². The molecule has 1 nitrogen and oxygen atoms in total. The van der Waals surface area contributed by atoms with Gasteiger partial charge in [0.05, 0.1) is 0 Å². The first-order chi connectivity index (χ1) is 5.56. The smallest absolute Gasteiger partial charge is 0.227 e. The standard InChI is InChI=1S/C9H12ClIO/c10-7(12)8-1-4-9(11,5-2-8)6-3-8/h1-6H2. The average Bonchev–Trinajstić information content (AvgIpc) is 2.06. The molecule has 3 aliphatic carbocycles. The van der Waals surface area contributed by atoms with E-state index < -0.39 is 0 Å². The summed E-state index contributed by atoms with van der Waals surface area (Å²) in [6.45, 7) is 0. The summed E-state index contributed by atoms with van der Waals surface area (Å²) in [5.41, 5.74) is -0.117. The monoisotopic (exact) mass is 298 g/mol. The van der Waals surface area contributed by atoms with Gasteiger partial charge in [0.1, 0.15) is 0 Å². The molecule has 3 fully saturated rings. The Morgan fingerprint density at radius 1 is 1.08 bits per heavy atom. The summed E-state index contributed by atoms with van der Waals surface area (Å²) in [6.07, 6.45) is 6.64. The molecule has 0 atom stereocenters. The zero-order chi connectivity index (χ0) is 8.82. The number of hydrogen-bond acceptors (Lipinski definition) is 1. The van der Waals surface area contributed by atoms with Crippen molar-refractivity contribution < 1.29 is 4.79 Å². The molecule has 0 aliphatic heterocycles. The van der Waals surface area contributed by atoms with E-state index in [9.17, 15) is 4.79 Å². The van der Waals surface area contributed by atoms with Crippen LogP contribution in [0.3, 0.4) is 0 Å². The SMILES string of the molecule is O=C(Cl)C12CCC(I)(CC1)CC2. The van der Waals surface area contributed by atoms with Crippen molar-refractivity contribution in [3.63, 3.8) is 0 Å². The highest BCUT2D eigenvalue weighted by Gasteiger charge is 2.50. The van der Waals surface area contributed by atoms with Gasteiger partial charge in [-0.2, -0.15) is 0 Å². The first kappa shape index (κ1) is 9.25. The van der Waals surface area contributed by atoms with Crippen molar-refractivity contribution in [1.29, 1.82) is 0 Å². The van der Waals surface area contributed by atoms with Gasteiger partial charge in [0.2, 0.25) is 5.24 Å². The molecule has 12 heavy (non-hydrogen) atoms. The Labute approximate surface area is 91.4 Å². The first-order valence-corrected chi connectivity index (χ1v) is 5.91. The van der Waals surface area contributed by atoms with E-state index in [0.29, 0.717) is 3.42 Å². The number of carbonyl (C=O) groups is 1. The molecule has 0 heterocycles. The molecule has 2 bridgehead atoms. The highest BCUT2D eigenvalue weighted by Crippen LogP contribution is 2.56. The third kappa shape index (κ3) is 1.31. The average molecular weight is 299 g/mol. The molecule has 0 N–H and O–H groups in total. The Balaban J connectivity index is 2.20. The Bertz CT molecular complexity index is 202. The molecule has 3 saturated carbocycles. The summed E-state index contributed by atoms with van der Waals surface area (Å²) < 4.78 is 0.506. The number of hydrogen-bond donors (Lipinski definition) is 0. The molecule has 0 saturated heterocycles. The lowest BCUT2D eigenvalue weighted by molar-refractivity contribution is -0.125. The maximum atomic E-state index is 11.2. The van der Waals surface area contributed by atoms with Crippen LogP contribution >= 0.6 is 34.2 Å². The van der Waals surface area contributed by atoms with Crippen LogP contribution in [-0.2, 0) is 4.79 Å². The van der Waals surface area contributed by atoms with Crippen molar-refractivity contribution in [3.8, 4) is 0 Å².